The fraction of sp³-hybridized carbons (Fsp3) is 0.308. The number of aromatic nitrogens is 2. The molecule has 1 aromatic heterocycles. The topological polar surface area (TPSA) is 55.9 Å². The summed E-state index contributed by atoms with van der Waals surface area (Å²) in [4.78, 5) is 0. The lowest BCUT2D eigenvalue weighted by Gasteiger charge is -2.10. The molecule has 2 rings (SSSR count). The number of nitrogens with one attached hydrogen (secondary N) is 1. The van der Waals surface area contributed by atoms with Crippen molar-refractivity contribution in [2.24, 2.45) is 7.05 Å². The molecule has 0 aliphatic carbocycles. The van der Waals surface area contributed by atoms with Crippen molar-refractivity contribution in [3.8, 4) is 0 Å². The summed E-state index contributed by atoms with van der Waals surface area (Å²) < 4.78 is 1.89. The maximum absolute atomic E-state index is 5.90. The summed E-state index contributed by atoms with van der Waals surface area (Å²) in [6, 6.07) is 8.04. The van der Waals surface area contributed by atoms with Crippen LogP contribution in [-0.2, 0) is 13.5 Å². The molecule has 4 heteroatoms. The van der Waals surface area contributed by atoms with Gasteiger partial charge < -0.3 is 11.1 Å². The number of rotatable bonds is 4. The average molecular weight is 230 g/mol. The van der Waals surface area contributed by atoms with E-state index in [4.69, 9.17) is 5.73 Å². The molecule has 0 aliphatic heterocycles. The zero-order valence-electron chi connectivity index (χ0n) is 10.3. The van der Waals surface area contributed by atoms with Gasteiger partial charge in [-0.25, -0.2) is 0 Å². The maximum atomic E-state index is 5.90. The Morgan fingerprint density at radius 3 is 2.88 bits per heavy atom. The molecule has 0 amide bonds. The molecular weight excluding hydrogens is 212 g/mol. The Kier molecular flexibility index (Phi) is 3.32. The number of hydrogen-bond donors (Lipinski definition) is 2. The summed E-state index contributed by atoms with van der Waals surface area (Å²) in [5.41, 5.74) is 10.1. The van der Waals surface area contributed by atoms with Gasteiger partial charge in [-0.3, -0.25) is 4.68 Å². The van der Waals surface area contributed by atoms with Crippen LogP contribution in [0.2, 0.25) is 0 Å². The highest BCUT2D eigenvalue weighted by Gasteiger charge is 2.01. The quantitative estimate of drug-likeness (QED) is 0.789. The SMILES string of the molecule is Cc1ccc(N)c(NCCc2ccnn2C)c1. The van der Waals surface area contributed by atoms with Crippen molar-refractivity contribution in [1.29, 1.82) is 0 Å². The van der Waals surface area contributed by atoms with Crippen LogP contribution >= 0.6 is 0 Å². The lowest BCUT2D eigenvalue weighted by molar-refractivity contribution is 0.711. The van der Waals surface area contributed by atoms with Gasteiger partial charge in [0.25, 0.3) is 0 Å². The van der Waals surface area contributed by atoms with E-state index < -0.39 is 0 Å². The summed E-state index contributed by atoms with van der Waals surface area (Å²) in [6.07, 6.45) is 2.75. The number of nitrogen functional groups attached to an aromatic ring is 1. The van der Waals surface area contributed by atoms with Crippen LogP contribution in [0.1, 0.15) is 11.3 Å². The Hall–Kier alpha value is -1.97. The van der Waals surface area contributed by atoms with Crippen LogP contribution in [0.3, 0.4) is 0 Å². The molecule has 2 aromatic rings. The molecule has 0 bridgehead atoms. The molecule has 90 valence electrons. The van der Waals surface area contributed by atoms with Crippen LogP contribution in [0.5, 0.6) is 0 Å². The number of benzene rings is 1. The molecular formula is C13H18N4. The molecule has 17 heavy (non-hydrogen) atoms. The van der Waals surface area contributed by atoms with Crippen molar-refractivity contribution in [1.82, 2.24) is 9.78 Å². The summed E-state index contributed by atoms with van der Waals surface area (Å²) in [5.74, 6) is 0. The van der Waals surface area contributed by atoms with Gasteiger partial charge in [0.15, 0.2) is 0 Å². The molecule has 0 saturated carbocycles. The normalized spacial score (nSPS) is 10.5. The van der Waals surface area contributed by atoms with E-state index in [1.165, 1.54) is 11.3 Å². The van der Waals surface area contributed by atoms with Crippen LogP contribution < -0.4 is 11.1 Å². The fourth-order valence-electron chi connectivity index (χ4n) is 1.79. The lowest BCUT2D eigenvalue weighted by Crippen LogP contribution is -2.09. The number of nitrogens with two attached hydrogens (primary N) is 1. The van der Waals surface area contributed by atoms with E-state index in [2.05, 4.69) is 23.4 Å². The van der Waals surface area contributed by atoms with Gasteiger partial charge in [-0.1, -0.05) is 6.07 Å². The third-order valence-electron chi connectivity index (χ3n) is 2.83. The minimum atomic E-state index is 0.792. The Bertz CT molecular complexity index is 502. The Balaban J connectivity index is 1.94. The third-order valence-corrected chi connectivity index (χ3v) is 2.83. The van der Waals surface area contributed by atoms with Gasteiger partial charge in [-0.2, -0.15) is 5.10 Å². The number of hydrogen-bond acceptors (Lipinski definition) is 3. The van der Waals surface area contributed by atoms with Crippen LogP contribution in [0, 0.1) is 6.92 Å². The van der Waals surface area contributed by atoms with E-state index in [0.29, 0.717) is 0 Å². The first-order valence-corrected chi connectivity index (χ1v) is 5.73. The van der Waals surface area contributed by atoms with Crippen LogP contribution in [0.15, 0.2) is 30.5 Å². The van der Waals surface area contributed by atoms with Crippen molar-refractivity contribution in [2.75, 3.05) is 17.6 Å². The number of nitrogens with zero attached hydrogens (tertiary/aromatic N) is 2. The molecule has 0 atom stereocenters. The molecule has 0 aliphatic rings. The van der Waals surface area contributed by atoms with Crippen molar-refractivity contribution in [2.45, 2.75) is 13.3 Å². The molecule has 1 aromatic carbocycles. The van der Waals surface area contributed by atoms with Gasteiger partial charge in [-0.15, -0.1) is 0 Å². The summed E-state index contributed by atoms with van der Waals surface area (Å²) in [7, 11) is 1.95. The van der Waals surface area contributed by atoms with E-state index in [1.807, 2.05) is 36.1 Å². The maximum Gasteiger partial charge on any atom is 0.0576 e. The van der Waals surface area contributed by atoms with E-state index in [9.17, 15) is 0 Å². The first-order chi connectivity index (χ1) is 8.16. The van der Waals surface area contributed by atoms with Gasteiger partial charge >= 0.3 is 0 Å². The van der Waals surface area contributed by atoms with Crippen molar-refractivity contribution < 1.29 is 0 Å². The predicted octanol–water partition coefficient (Wildman–Crippen LogP) is 1.97. The Labute approximate surface area is 101 Å². The average Bonchev–Trinajstić information content (AvgIpc) is 2.70. The molecule has 3 N–H and O–H groups in total. The van der Waals surface area contributed by atoms with Crippen LogP contribution in [0.25, 0.3) is 0 Å². The molecule has 0 fully saturated rings. The zero-order valence-corrected chi connectivity index (χ0v) is 10.3. The summed E-state index contributed by atoms with van der Waals surface area (Å²) in [6.45, 7) is 2.92. The minimum absolute atomic E-state index is 0.792. The molecule has 0 spiro atoms. The Morgan fingerprint density at radius 2 is 2.18 bits per heavy atom. The Morgan fingerprint density at radius 1 is 1.35 bits per heavy atom. The van der Waals surface area contributed by atoms with Gasteiger partial charge in [0, 0.05) is 31.9 Å². The second kappa shape index (κ2) is 4.91. The number of aryl methyl sites for hydroxylation is 2. The van der Waals surface area contributed by atoms with Crippen LogP contribution in [0.4, 0.5) is 11.4 Å². The third kappa shape index (κ3) is 2.78. The van der Waals surface area contributed by atoms with E-state index in [1.54, 1.807) is 0 Å². The van der Waals surface area contributed by atoms with Gasteiger partial charge in [0.05, 0.1) is 11.4 Å². The monoisotopic (exact) mass is 230 g/mol. The van der Waals surface area contributed by atoms with Gasteiger partial charge in [0.2, 0.25) is 0 Å². The highest BCUT2D eigenvalue weighted by atomic mass is 15.3. The van der Waals surface area contributed by atoms with Crippen molar-refractivity contribution in [3.63, 3.8) is 0 Å². The van der Waals surface area contributed by atoms with E-state index >= 15 is 0 Å². The minimum Gasteiger partial charge on any atom is -0.397 e. The highest BCUT2D eigenvalue weighted by molar-refractivity contribution is 5.66. The first kappa shape index (κ1) is 11.5. The highest BCUT2D eigenvalue weighted by Crippen LogP contribution is 2.19. The van der Waals surface area contributed by atoms with Crippen molar-refractivity contribution in [3.05, 3.63) is 41.7 Å². The van der Waals surface area contributed by atoms with E-state index in [0.717, 1.165) is 24.3 Å². The molecule has 4 nitrogen and oxygen atoms in total. The number of anilines is 2. The standard InChI is InChI=1S/C13H18N4/c1-10-3-4-12(14)13(9-10)15-7-5-11-6-8-16-17(11)2/h3-4,6,8-9,15H,5,7,14H2,1-2H3. The largest absolute Gasteiger partial charge is 0.397 e. The second-order valence-corrected chi connectivity index (χ2v) is 4.21. The van der Waals surface area contributed by atoms with Crippen molar-refractivity contribution >= 4 is 11.4 Å². The fourth-order valence-corrected chi connectivity index (χ4v) is 1.79. The smallest absolute Gasteiger partial charge is 0.0576 e. The predicted molar refractivity (Wildman–Crippen MR) is 71.0 cm³/mol. The summed E-state index contributed by atoms with van der Waals surface area (Å²) in [5, 5.41) is 7.49. The molecule has 0 radical (unpaired) electrons. The first-order valence-electron chi connectivity index (χ1n) is 5.73. The van der Waals surface area contributed by atoms with Gasteiger partial charge in [0.1, 0.15) is 0 Å². The van der Waals surface area contributed by atoms with E-state index in [-0.39, 0.29) is 0 Å². The second-order valence-electron chi connectivity index (χ2n) is 4.21. The molecule has 1 heterocycles. The lowest BCUT2D eigenvalue weighted by atomic mass is 10.2. The van der Waals surface area contributed by atoms with Gasteiger partial charge in [-0.05, 0) is 30.7 Å². The molecule has 0 saturated heterocycles. The molecule has 0 unspecified atom stereocenters. The summed E-state index contributed by atoms with van der Waals surface area (Å²) >= 11 is 0. The van der Waals surface area contributed by atoms with Crippen LogP contribution in [-0.4, -0.2) is 16.3 Å². The zero-order chi connectivity index (χ0) is 12.3.